The minimum atomic E-state index is -0.821. The third kappa shape index (κ3) is 2.32. The highest BCUT2D eigenvalue weighted by Gasteiger charge is 2.52. The quantitative estimate of drug-likeness (QED) is 0.823. The van der Waals surface area contributed by atoms with Crippen molar-refractivity contribution in [2.24, 2.45) is 5.92 Å². The number of rotatable bonds is 4. The molecule has 1 aromatic heterocycles. The van der Waals surface area contributed by atoms with Gasteiger partial charge in [0.1, 0.15) is 5.54 Å². The van der Waals surface area contributed by atoms with Crippen LogP contribution in [0.3, 0.4) is 0 Å². The van der Waals surface area contributed by atoms with Gasteiger partial charge in [-0.25, -0.2) is 9.59 Å². The van der Waals surface area contributed by atoms with Gasteiger partial charge in [0.05, 0.1) is 13.1 Å². The summed E-state index contributed by atoms with van der Waals surface area (Å²) in [6.45, 7) is 3.62. The summed E-state index contributed by atoms with van der Waals surface area (Å²) in [5, 5.41) is 6.74. The van der Waals surface area contributed by atoms with E-state index in [-0.39, 0.29) is 30.8 Å². The highest BCUT2D eigenvalue weighted by molar-refractivity contribution is 6.07. The van der Waals surface area contributed by atoms with Crippen molar-refractivity contribution in [2.75, 3.05) is 6.54 Å². The Hall–Kier alpha value is -2.12. The maximum absolute atomic E-state index is 12.6. The molecule has 1 atom stereocenters. The average molecular weight is 308 g/mol. The van der Waals surface area contributed by atoms with Gasteiger partial charge in [-0.2, -0.15) is 4.68 Å². The van der Waals surface area contributed by atoms with Gasteiger partial charge in [-0.05, 0) is 25.7 Å². The van der Waals surface area contributed by atoms with Crippen LogP contribution < -0.4 is 11.1 Å². The van der Waals surface area contributed by atoms with Gasteiger partial charge >= 0.3 is 11.8 Å². The number of nitrogens with one attached hydrogen (secondary N) is 1. The van der Waals surface area contributed by atoms with Crippen LogP contribution in [-0.4, -0.2) is 38.7 Å². The van der Waals surface area contributed by atoms with Gasteiger partial charge in [0.15, 0.2) is 0 Å². The third-order valence-corrected chi connectivity index (χ3v) is 4.72. The molecule has 1 saturated carbocycles. The topological polar surface area (TPSA) is 97.4 Å². The predicted octanol–water partition coefficient (Wildman–Crippen LogP) is 0.645. The molecule has 1 unspecified atom stereocenters. The zero-order chi connectivity index (χ0) is 15.9. The van der Waals surface area contributed by atoms with E-state index in [9.17, 15) is 14.4 Å². The van der Waals surface area contributed by atoms with Crippen molar-refractivity contribution < 1.29 is 14.0 Å². The number of imide groups is 1. The van der Waals surface area contributed by atoms with Crippen LogP contribution in [0.25, 0.3) is 0 Å². The van der Waals surface area contributed by atoms with Gasteiger partial charge in [0.25, 0.3) is 5.91 Å². The number of aromatic nitrogens is 2. The van der Waals surface area contributed by atoms with Gasteiger partial charge in [0, 0.05) is 6.92 Å². The number of carbonyl (C=O) groups is 2. The fraction of sp³-hybridized carbons (Fsp3) is 0.714. The second kappa shape index (κ2) is 5.26. The van der Waals surface area contributed by atoms with Gasteiger partial charge in [-0.1, -0.05) is 12.8 Å². The molecule has 0 spiro atoms. The lowest BCUT2D eigenvalue weighted by atomic mass is 9.84. The fourth-order valence-corrected chi connectivity index (χ4v) is 3.44. The standard InChI is InChI=1S/C14H20N4O4/c1-9-16-18(13(21)22-9)8-7-17-11(19)14(2,15-12(17)20)10-5-3-4-6-10/h10H,3-8H2,1-2H3,(H,15,20). The highest BCUT2D eigenvalue weighted by atomic mass is 16.4. The Labute approximate surface area is 127 Å². The predicted molar refractivity (Wildman–Crippen MR) is 76.1 cm³/mol. The number of hydrogen-bond donors (Lipinski definition) is 1. The van der Waals surface area contributed by atoms with Crippen molar-refractivity contribution in [3.63, 3.8) is 0 Å². The van der Waals surface area contributed by atoms with Crippen molar-refractivity contribution in [3.05, 3.63) is 16.4 Å². The van der Waals surface area contributed by atoms with Crippen LogP contribution in [-0.2, 0) is 11.3 Å². The minimum absolute atomic E-state index is 0.110. The van der Waals surface area contributed by atoms with Crippen LogP contribution in [0.5, 0.6) is 0 Å². The van der Waals surface area contributed by atoms with E-state index in [0.717, 1.165) is 30.4 Å². The first-order chi connectivity index (χ1) is 10.4. The van der Waals surface area contributed by atoms with Crippen LogP contribution in [0.4, 0.5) is 4.79 Å². The van der Waals surface area contributed by atoms with E-state index < -0.39 is 17.3 Å². The molecule has 22 heavy (non-hydrogen) atoms. The number of urea groups is 1. The van der Waals surface area contributed by atoms with E-state index in [2.05, 4.69) is 10.4 Å². The summed E-state index contributed by atoms with van der Waals surface area (Å²) >= 11 is 0. The molecule has 3 rings (SSSR count). The Morgan fingerprint density at radius 3 is 2.55 bits per heavy atom. The van der Waals surface area contributed by atoms with Gasteiger partial charge in [-0.3, -0.25) is 9.69 Å². The zero-order valence-corrected chi connectivity index (χ0v) is 12.8. The summed E-state index contributed by atoms with van der Waals surface area (Å²) in [5.41, 5.74) is -0.821. The van der Waals surface area contributed by atoms with Crippen LogP contribution in [0, 0.1) is 12.8 Å². The zero-order valence-electron chi connectivity index (χ0n) is 12.8. The molecule has 2 heterocycles. The Kier molecular flexibility index (Phi) is 3.54. The minimum Gasteiger partial charge on any atom is -0.393 e. The number of aryl methyl sites for hydroxylation is 1. The summed E-state index contributed by atoms with van der Waals surface area (Å²) in [6, 6.07) is -0.396. The molecule has 2 aliphatic rings. The molecule has 1 aliphatic carbocycles. The lowest BCUT2D eigenvalue weighted by Gasteiger charge is -2.28. The summed E-state index contributed by atoms with van der Waals surface area (Å²) in [5.74, 6) is -0.343. The molecule has 1 aliphatic heterocycles. The molecule has 8 heteroatoms. The van der Waals surface area contributed by atoms with Crippen LogP contribution >= 0.6 is 0 Å². The lowest BCUT2D eigenvalue weighted by molar-refractivity contribution is -0.132. The SMILES string of the molecule is Cc1nn(CCN2C(=O)NC(C)(C3CCCC3)C2=O)c(=O)o1. The van der Waals surface area contributed by atoms with E-state index >= 15 is 0 Å². The molecule has 2 fully saturated rings. The van der Waals surface area contributed by atoms with E-state index in [1.807, 2.05) is 0 Å². The summed E-state index contributed by atoms with van der Waals surface area (Å²) in [4.78, 5) is 37.4. The van der Waals surface area contributed by atoms with Crippen molar-refractivity contribution >= 4 is 11.9 Å². The normalized spacial score (nSPS) is 26.0. The number of hydrogen-bond acceptors (Lipinski definition) is 5. The molecule has 0 radical (unpaired) electrons. The number of carbonyl (C=O) groups excluding carboxylic acids is 2. The van der Waals surface area contributed by atoms with E-state index in [1.165, 1.54) is 4.90 Å². The molecule has 0 bridgehead atoms. The second-order valence-electron chi connectivity index (χ2n) is 6.18. The molecule has 0 aromatic carbocycles. The van der Waals surface area contributed by atoms with E-state index in [4.69, 9.17) is 4.42 Å². The van der Waals surface area contributed by atoms with Gasteiger partial charge in [-0.15, -0.1) is 5.10 Å². The monoisotopic (exact) mass is 308 g/mol. The van der Waals surface area contributed by atoms with Crippen LogP contribution in [0.2, 0.25) is 0 Å². The first-order valence-corrected chi connectivity index (χ1v) is 7.60. The lowest BCUT2D eigenvalue weighted by Crippen LogP contribution is -2.49. The molecular weight excluding hydrogens is 288 g/mol. The van der Waals surface area contributed by atoms with Crippen molar-refractivity contribution in [1.29, 1.82) is 0 Å². The fourth-order valence-electron chi connectivity index (χ4n) is 3.44. The van der Waals surface area contributed by atoms with E-state index in [1.54, 1.807) is 13.8 Å². The van der Waals surface area contributed by atoms with Gasteiger partial charge in [0.2, 0.25) is 5.89 Å². The first kappa shape index (κ1) is 14.8. The number of nitrogens with zero attached hydrogens (tertiary/aromatic N) is 3. The second-order valence-corrected chi connectivity index (χ2v) is 6.18. The Bertz CT molecular complexity index is 658. The summed E-state index contributed by atoms with van der Waals surface area (Å²) in [7, 11) is 0. The highest BCUT2D eigenvalue weighted by Crippen LogP contribution is 2.37. The summed E-state index contributed by atoms with van der Waals surface area (Å²) < 4.78 is 5.92. The molecule has 1 saturated heterocycles. The Morgan fingerprint density at radius 2 is 1.95 bits per heavy atom. The first-order valence-electron chi connectivity index (χ1n) is 7.60. The smallest absolute Gasteiger partial charge is 0.393 e. The van der Waals surface area contributed by atoms with Crippen molar-refractivity contribution in [3.8, 4) is 0 Å². The van der Waals surface area contributed by atoms with Crippen molar-refractivity contribution in [1.82, 2.24) is 20.0 Å². The molecule has 3 amide bonds. The molecule has 8 nitrogen and oxygen atoms in total. The maximum atomic E-state index is 12.6. The third-order valence-electron chi connectivity index (χ3n) is 4.72. The van der Waals surface area contributed by atoms with Gasteiger partial charge < -0.3 is 9.73 Å². The Morgan fingerprint density at radius 1 is 1.27 bits per heavy atom. The molecule has 120 valence electrons. The van der Waals surface area contributed by atoms with Crippen LogP contribution in [0.1, 0.15) is 38.5 Å². The molecule has 1 aromatic rings. The maximum Gasteiger partial charge on any atom is 0.437 e. The van der Waals surface area contributed by atoms with E-state index in [0.29, 0.717) is 0 Å². The van der Waals surface area contributed by atoms with Crippen LogP contribution in [0.15, 0.2) is 9.21 Å². The van der Waals surface area contributed by atoms with Crippen molar-refractivity contribution in [2.45, 2.75) is 51.6 Å². The summed E-state index contributed by atoms with van der Waals surface area (Å²) in [6.07, 6.45) is 4.10. The average Bonchev–Trinajstić information content (AvgIpc) is 3.12. The Balaban J connectivity index is 1.72. The molecule has 1 N–H and O–H groups in total. The molecular formula is C14H20N4O4. The number of amides is 3. The largest absolute Gasteiger partial charge is 0.437 e.